The van der Waals surface area contributed by atoms with Crippen LogP contribution >= 0.6 is 11.6 Å². The van der Waals surface area contributed by atoms with Crippen LogP contribution in [0, 0.1) is 0 Å². The minimum Gasteiger partial charge on any atom is -0.493 e. The Morgan fingerprint density at radius 1 is 0.943 bits per heavy atom. The van der Waals surface area contributed by atoms with Gasteiger partial charge in [-0.2, -0.15) is 5.10 Å². The smallest absolute Gasteiger partial charge is 0.254 e. The van der Waals surface area contributed by atoms with Gasteiger partial charge >= 0.3 is 0 Å². The molecule has 35 heavy (non-hydrogen) atoms. The minimum atomic E-state index is -0.196. The fourth-order valence-corrected chi connectivity index (χ4v) is 3.97. The normalized spacial score (nSPS) is 10.7. The van der Waals surface area contributed by atoms with E-state index in [9.17, 15) is 4.79 Å². The van der Waals surface area contributed by atoms with Gasteiger partial charge in [0.2, 0.25) is 5.75 Å². The van der Waals surface area contributed by atoms with Gasteiger partial charge in [-0.05, 0) is 36.4 Å². The van der Waals surface area contributed by atoms with Gasteiger partial charge in [-0.25, -0.2) is 4.68 Å². The molecule has 7 nitrogen and oxygen atoms in total. The molecular weight excluding hydrogens is 466 g/mol. The van der Waals surface area contributed by atoms with E-state index in [0.29, 0.717) is 34.4 Å². The number of amides is 1. The molecule has 3 aromatic carbocycles. The van der Waals surface area contributed by atoms with E-state index in [2.05, 4.69) is 0 Å². The molecule has 0 aliphatic heterocycles. The zero-order chi connectivity index (χ0) is 24.9. The van der Waals surface area contributed by atoms with E-state index >= 15 is 0 Å². The van der Waals surface area contributed by atoms with Crippen molar-refractivity contribution in [2.75, 3.05) is 28.4 Å². The van der Waals surface area contributed by atoms with Crippen LogP contribution in [0.4, 0.5) is 0 Å². The summed E-state index contributed by atoms with van der Waals surface area (Å²) >= 11 is 6.10. The second-order valence-corrected chi connectivity index (χ2v) is 8.30. The van der Waals surface area contributed by atoms with Crippen molar-refractivity contribution in [2.24, 2.45) is 0 Å². The summed E-state index contributed by atoms with van der Waals surface area (Å²) in [5, 5.41) is 5.47. The quantitative estimate of drug-likeness (QED) is 0.326. The van der Waals surface area contributed by atoms with Crippen LogP contribution < -0.4 is 14.2 Å². The summed E-state index contributed by atoms with van der Waals surface area (Å²) in [6.07, 6.45) is 1.94. The molecular formula is C27H26ClN3O4. The fraction of sp³-hybridized carbons (Fsp3) is 0.185. The lowest BCUT2D eigenvalue weighted by molar-refractivity contribution is 0.0784. The van der Waals surface area contributed by atoms with Crippen molar-refractivity contribution >= 4 is 17.5 Å². The zero-order valence-corrected chi connectivity index (χ0v) is 20.7. The number of para-hydroxylation sites is 1. The Bertz CT molecular complexity index is 1300. The van der Waals surface area contributed by atoms with E-state index in [0.717, 1.165) is 22.5 Å². The van der Waals surface area contributed by atoms with Gasteiger partial charge in [0, 0.05) is 41.5 Å². The van der Waals surface area contributed by atoms with Crippen LogP contribution in [0.15, 0.2) is 72.9 Å². The number of hydrogen-bond donors (Lipinski definition) is 0. The van der Waals surface area contributed by atoms with Gasteiger partial charge in [-0.3, -0.25) is 4.79 Å². The molecule has 1 amide bonds. The molecule has 0 N–H and O–H groups in total. The molecule has 0 spiro atoms. The maximum absolute atomic E-state index is 13.4. The van der Waals surface area contributed by atoms with E-state index in [1.807, 2.05) is 65.5 Å². The largest absolute Gasteiger partial charge is 0.493 e. The van der Waals surface area contributed by atoms with Crippen LogP contribution in [-0.4, -0.2) is 49.0 Å². The Balaban J connectivity index is 1.69. The third kappa shape index (κ3) is 5.10. The number of methoxy groups -OCH3 is 3. The van der Waals surface area contributed by atoms with Crippen molar-refractivity contribution in [3.8, 4) is 34.2 Å². The van der Waals surface area contributed by atoms with E-state index in [4.69, 9.17) is 30.9 Å². The number of carbonyl (C=O) groups excluding carboxylic acids is 1. The van der Waals surface area contributed by atoms with E-state index in [1.54, 1.807) is 24.1 Å². The van der Waals surface area contributed by atoms with Gasteiger partial charge in [0.15, 0.2) is 11.5 Å². The van der Waals surface area contributed by atoms with Crippen molar-refractivity contribution in [1.29, 1.82) is 0 Å². The molecule has 0 aliphatic rings. The van der Waals surface area contributed by atoms with Gasteiger partial charge in [0.05, 0.1) is 32.7 Å². The number of nitrogens with zero attached hydrogens (tertiary/aromatic N) is 3. The van der Waals surface area contributed by atoms with E-state index < -0.39 is 0 Å². The van der Waals surface area contributed by atoms with E-state index in [1.165, 1.54) is 21.3 Å². The Labute approximate surface area is 209 Å². The molecule has 8 heteroatoms. The van der Waals surface area contributed by atoms with Crippen LogP contribution in [0.2, 0.25) is 5.02 Å². The number of ether oxygens (including phenoxy) is 3. The van der Waals surface area contributed by atoms with Crippen LogP contribution in [-0.2, 0) is 6.54 Å². The fourth-order valence-electron chi connectivity index (χ4n) is 3.84. The first-order valence-electron chi connectivity index (χ1n) is 10.9. The first kappa shape index (κ1) is 24.2. The molecule has 0 aliphatic carbocycles. The summed E-state index contributed by atoms with van der Waals surface area (Å²) in [5.74, 6) is 1.08. The summed E-state index contributed by atoms with van der Waals surface area (Å²) in [4.78, 5) is 15.0. The average Bonchev–Trinajstić information content (AvgIpc) is 3.31. The van der Waals surface area contributed by atoms with Gasteiger partial charge < -0.3 is 19.1 Å². The third-order valence-corrected chi connectivity index (χ3v) is 5.85. The summed E-state index contributed by atoms with van der Waals surface area (Å²) in [6.45, 7) is 0.334. The molecule has 4 rings (SSSR count). The van der Waals surface area contributed by atoms with Crippen LogP contribution in [0.3, 0.4) is 0 Å². The molecule has 0 saturated carbocycles. The van der Waals surface area contributed by atoms with Crippen molar-refractivity contribution in [3.05, 3.63) is 89.1 Å². The lowest BCUT2D eigenvalue weighted by Crippen LogP contribution is -2.26. The number of aromatic nitrogens is 2. The summed E-state index contributed by atoms with van der Waals surface area (Å²) < 4.78 is 18.0. The minimum absolute atomic E-state index is 0.196. The number of rotatable bonds is 8. The second-order valence-electron chi connectivity index (χ2n) is 7.87. The lowest BCUT2D eigenvalue weighted by Gasteiger charge is -2.19. The second kappa shape index (κ2) is 10.5. The molecule has 180 valence electrons. The van der Waals surface area contributed by atoms with E-state index in [-0.39, 0.29) is 5.91 Å². The zero-order valence-electron chi connectivity index (χ0n) is 20.0. The molecule has 0 saturated heterocycles. The highest BCUT2D eigenvalue weighted by atomic mass is 35.5. The average molecular weight is 492 g/mol. The molecule has 0 radical (unpaired) electrons. The van der Waals surface area contributed by atoms with Crippen molar-refractivity contribution < 1.29 is 19.0 Å². The highest BCUT2D eigenvalue weighted by Crippen LogP contribution is 2.38. The van der Waals surface area contributed by atoms with Gasteiger partial charge in [-0.1, -0.05) is 41.9 Å². The SMILES string of the molecule is COc1cc(C(=O)N(C)Cc2cn(-c3ccccc3)nc2-c2ccc(Cl)cc2)cc(OC)c1OC. The highest BCUT2D eigenvalue weighted by Gasteiger charge is 2.21. The standard InChI is InChI=1S/C27H26ClN3O4/c1-30(27(32)19-14-23(33-2)26(35-4)24(15-19)34-3)16-20-17-31(22-8-6-5-7-9-22)29-25(20)18-10-12-21(28)13-11-18/h5-15,17H,16H2,1-4H3. The summed E-state index contributed by atoms with van der Waals surface area (Å²) in [6, 6.07) is 20.6. The van der Waals surface area contributed by atoms with Crippen LogP contribution in [0.5, 0.6) is 17.2 Å². The van der Waals surface area contributed by atoms with Gasteiger partial charge in [0.25, 0.3) is 5.91 Å². The molecule has 1 aromatic heterocycles. The number of carbonyl (C=O) groups is 1. The predicted octanol–water partition coefficient (Wildman–Crippen LogP) is 5.49. The molecule has 4 aromatic rings. The summed E-state index contributed by atoms with van der Waals surface area (Å²) in [7, 11) is 6.31. The molecule has 0 bridgehead atoms. The molecule has 0 atom stereocenters. The van der Waals surface area contributed by atoms with Crippen LogP contribution in [0.25, 0.3) is 16.9 Å². The van der Waals surface area contributed by atoms with Gasteiger partial charge in [-0.15, -0.1) is 0 Å². The summed E-state index contributed by atoms with van der Waals surface area (Å²) in [5.41, 5.74) is 3.92. The number of hydrogen-bond acceptors (Lipinski definition) is 5. The van der Waals surface area contributed by atoms with Crippen molar-refractivity contribution in [3.63, 3.8) is 0 Å². The van der Waals surface area contributed by atoms with Crippen molar-refractivity contribution in [1.82, 2.24) is 14.7 Å². The van der Waals surface area contributed by atoms with Gasteiger partial charge in [0.1, 0.15) is 0 Å². The Kier molecular flexibility index (Phi) is 7.27. The van der Waals surface area contributed by atoms with Crippen LogP contribution in [0.1, 0.15) is 15.9 Å². The first-order chi connectivity index (χ1) is 16.9. The Hall–Kier alpha value is -3.97. The topological polar surface area (TPSA) is 65.8 Å². The lowest BCUT2D eigenvalue weighted by atomic mass is 10.1. The highest BCUT2D eigenvalue weighted by molar-refractivity contribution is 6.30. The maximum Gasteiger partial charge on any atom is 0.254 e. The number of halogens is 1. The predicted molar refractivity (Wildman–Crippen MR) is 136 cm³/mol. The maximum atomic E-state index is 13.4. The molecule has 1 heterocycles. The molecule has 0 fully saturated rings. The number of benzene rings is 3. The molecule has 0 unspecified atom stereocenters. The monoisotopic (exact) mass is 491 g/mol. The Morgan fingerprint density at radius 3 is 2.14 bits per heavy atom. The third-order valence-electron chi connectivity index (χ3n) is 5.59. The van der Waals surface area contributed by atoms with Crippen molar-refractivity contribution in [2.45, 2.75) is 6.54 Å². The Morgan fingerprint density at radius 2 is 1.57 bits per heavy atom. The first-order valence-corrected chi connectivity index (χ1v) is 11.3.